The second kappa shape index (κ2) is 4.93. The van der Waals surface area contributed by atoms with Crippen LogP contribution in [0.3, 0.4) is 0 Å². The zero-order chi connectivity index (χ0) is 10.6. The summed E-state index contributed by atoms with van der Waals surface area (Å²) in [5.74, 6) is 0.116. The minimum absolute atomic E-state index is 0.296. The Morgan fingerprint density at radius 2 is 2.14 bits per heavy atom. The Bertz CT molecular complexity index is 304. The van der Waals surface area contributed by atoms with Gasteiger partial charge in [0.15, 0.2) is 0 Å². The summed E-state index contributed by atoms with van der Waals surface area (Å²) in [4.78, 5) is 0. The third-order valence-corrected chi connectivity index (χ3v) is 1.94. The zero-order valence-corrected chi connectivity index (χ0v) is 8.29. The summed E-state index contributed by atoms with van der Waals surface area (Å²) in [6, 6.07) is 3.98. The van der Waals surface area contributed by atoms with Gasteiger partial charge in [0, 0.05) is 18.7 Å². The molecule has 78 valence electrons. The van der Waals surface area contributed by atoms with Gasteiger partial charge in [-0.1, -0.05) is 6.07 Å². The van der Waals surface area contributed by atoms with Crippen molar-refractivity contribution >= 4 is 0 Å². The lowest BCUT2D eigenvalue weighted by Gasteiger charge is -2.14. The molecule has 0 unspecified atom stereocenters. The average molecular weight is 199 g/mol. The second-order valence-electron chi connectivity index (χ2n) is 2.95. The molecule has 2 N–H and O–H groups in total. The van der Waals surface area contributed by atoms with Crippen molar-refractivity contribution < 1.29 is 13.9 Å². The number of methoxy groups -OCH3 is 2. The maximum atomic E-state index is 12.8. The summed E-state index contributed by atoms with van der Waals surface area (Å²) in [5.41, 5.74) is 6.55. The van der Waals surface area contributed by atoms with Gasteiger partial charge in [-0.3, -0.25) is 0 Å². The van der Waals surface area contributed by atoms with Crippen molar-refractivity contribution in [2.24, 2.45) is 5.73 Å². The fourth-order valence-electron chi connectivity index (χ4n) is 1.26. The molecule has 3 nitrogen and oxygen atoms in total. The van der Waals surface area contributed by atoms with Crippen molar-refractivity contribution in [3.05, 3.63) is 29.6 Å². The molecule has 0 aliphatic carbocycles. The first-order valence-corrected chi connectivity index (χ1v) is 4.27. The third-order valence-electron chi connectivity index (χ3n) is 1.94. The predicted molar refractivity (Wildman–Crippen MR) is 51.8 cm³/mol. The van der Waals surface area contributed by atoms with E-state index in [2.05, 4.69) is 0 Å². The molecule has 0 aliphatic heterocycles. The Hall–Kier alpha value is -1.13. The summed E-state index contributed by atoms with van der Waals surface area (Å²) in [7, 11) is 3.05. The van der Waals surface area contributed by atoms with E-state index in [0.29, 0.717) is 12.4 Å². The van der Waals surface area contributed by atoms with Crippen molar-refractivity contribution in [2.75, 3.05) is 20.8 Å². The van der Waals surface area contributed by atoms with Gasteiger partial charge in [0.05, 0.1) is 19.8 Å². The molecule has 1 rings (SSSR count). The number of hydrogen-bond acceptors (Lipinski definition) is 3. The van der Waals surface area contributed by atoms with Gasteiger partial charge in [0.2, 0.25) is 0 Å². The minimum atomic E-state index is -0.338. The molecular formula is C10H14FNO2. The highest BCUT2D eigenvalue weighted by Crippen LogP contribution is 2.24. The molecule has 14 heavy (non-hydrogen) atoms. The summed E-state index contributed by atoms with van der Waals surface area (Å²) in [6.45, 7) is 0.377. The Labute approximate surface area is 82.6 Å². The Morgan fingerprint density at radius 1 is 1.43 bits per heavy atom. The molecule has 1 aromatic rings. The maximum Gasteiger partial charge on any atom is 0.126 e. The molecule has 4 heteroatoms. The molecule has 0 radical (unpaired) electrons. The maximum absolute atomic E-state index is 12.8. The fourth-order valence-corrected chi connectivity index (χ4v) is 1.26. The van der Waals surface area contributed by atoms with Crippen LogP contribution in [0, 0.1) is 5.82 Å². The van der Waals surface area contributed by atoms with E-state index < -0.39 is 0 Å². The third kappa shape index (κ3) is 2.43. The fraction of sp³-hybridized carbons (Fsp3) is 0.400. The van der Waals surface area contributed by atoms with E-state index in [1.165, 1.54) is 19.2 Å². The van der Waals surface area contributed by atoms with Gasteiger partial charge in [-0.25, -0.2) is 4.39 Å². The van der Waals surface area contributed by atoms with Crippen LogP contribution < -0.4 is 10.5 Å². The van der Waals surface area contributed by atoms with Gasteiger partial charge in [-0.15, -0.1) is 0 Å². The van der Waals surface area contributed by atoms with Gasteiger partial charge < -0.3 is 15.2 Å². The van der Waals surface area contributed by atoms with Crippen LogP contribution in [-0.2, 0) is 4.74 Å². The van der Waals surface area contributed by atoms with E-state index in [4.69, 9.17) is 15.2 Å². The second-order valence-corrected chi connectivity index (χ2v) is 2.95. The summed E-state index contributed by atoms with van der Waals surface area (Å²) < 4.78 is 22.8. The first-order chi connectivity index (χ1) is 6.69. The highest BCUT2D eigenvalue weighted by Gasteiger charge is 2.12. The molecule has 0 heterocycles. The largest absolute Gasteiger partial charge is 0.496 e. The summed E-state index contributed by atoms with van der Waals surface area (Å²) >= 11 is 0. The molecule has 0 fully saturated rings. The van der Waals surface area contributed by atoms with E-state index in [1.807, 2.05) is 0 Å². The molecule has 0 saturated carbocycles. The molecule has 0 spiro atoms. The lowest BCUT2D eigenvalue weighted by atomic mass is 10.1. The first-order valence-electron chi connectivity index (χ1n) is 4.27. The standard InChI is InChI=1S/C10H14FNO2/c1-13-6-9(12)8-4-3-7(11)5-10(8)14-2/h3-5,9H,6,12H2,1-2H3/t9-/m0/s1. The first kappa shape index (κ1) is 10.9. The van der Waals surface area contributed by atoms with Gasteiger partial charge in [0.25, 0.3) is 0 Å². The van der Waals surface area contributed by atoms with Crippen molar-refractivity contribution in [3.8, 4) is 5.75 Å². The molecule has 1 aromatic carbocycles. The van der Waals surface area contributed by atoms with E-state index in [9.17, 15) is 4.39 Å². The highest BCUT2D eigenvalue weighted by atomic mass is 19.1. The van der Waals surface area contributed by atoms with Gasteiger partial charge in [-0.2, -0.15) is 0 Å². The van der Waals surface area contributed by atoms with Crippen LogP contribution in [0.1, 0.15) is 11.6 Å². The number of benzene rings is 1. The van der Waals surface area contributed by atoms with Crippen molar-refractivity contribution in [2.45, 2.75) is 6.04 Å². The topological polar surface area (TPSA) is 44.5 Å². The number of halogens is 1. The number of ether oxygens (including phenoxy) is 2. The van der Waals surface area contributed by atoms with Crippen LogP contribution in [0.2, 0.25) is 0 Å². The molecule has 0 aromatic heterocycles. The van der Waals surface area contributed by atoms with Gasteiger partial charge >= 0.3 is 0 Å². The van der Waals surface area contributed by atoms with Crippen molar-refractivity contribution in [1.29, 1.82) is 0 Å². The van der Waals surface area contributed by atoms with Crippen LogP contribution in [0.25, 0.3) is 0 Å². The van der Waals surface area contributed by atoms with E-state index in [1.54, 1.807) is 13.2 Å². The van der Waals surface area contributed by atoms with Crippen LogP contribution in [0.4, 0.5) is 4.39 Å². The highest BCUT2D eigenvalue weighted by molar-refractivity contribution is 5.36. The average Bonchev–Trinajstić information content (AvgIpc) is 2.17. The molecule has 0 saturated heterocycles. The monoisotopic (exact) mass is 199 g/mol. The van der Waals surface area contributed by atoms with Crippen LogP contribution in [0.15, 0.2) is 18.2 Å². The smallest absolute Gasteiger partial charge is 0.126 e. The molecule has 0 aliphatic rings. The van der Waals surface area contributed by atoms with Gasteiger partial charge in [0.1, 0.15) is 11.6 Å². The van der Waals surface area contributed by atoms with E-state index >= 15 is 0 Å². The van der Waals surface area contributed by atoms with Crippen molar-refractivity contribution in [3.63, 3.8) is 0 Å². The Kier molecular flexibility index (Phi) is 3.85. The SMILES string of the molecule is COC[C@H](N)c1ccc(F)cc1OC. The molecule has 1 atom stereocenters. The lowest BCUT2D eigenvalue weighted by molar-refractivity contribution is 0.179. The van der Waals surface area contributed by atoms with Crippen LogP contribution in [-0.4, -0.2) is 20.8 Å². The molecule has 0 amide bonds. The molecule has 0 bridgehead atoms. The van der Waals surface area contributed by atoms with Crippen LogP contribution >= 0.6 is 0 Å². The minimum Gasteiger partial charge on any atom is -0.496 e. The Balaban J connectivity index is 2.95. The van der Waals surface area contributed by atoms with Gasteiger partial charge in [-0.05, 0) is 6.07 Å². The quantitative estimate of drug-likeness (QED) is 0.798. The Morgan fingerprint density at radius 3 is 2.71 bits per heavy atom. The van der Waals surface area contributed by atoms with E-state index in [-0.39, 0.29) is 11.9 Å². The molecular weight excluding hydrogens is 185 g/mol. The van der Waals surface area contributed by atoms with E-state index in [0.717, 1.165) is 5.56 Å². The zero-order valence-electron chi connectivity index (χ0n) is 8.29. The lowest BCUT2D eigenvalue weighted by Crippen LogP contribution is -2.17. The van der Waals surface area contributed by atoms with Crippen molar-refractivity contribution in [1.82, 2.24) is 0 Å². The summed E-state index contributed by atoms with van der Waals surface area (Å²) in [6.07, 6.45) is 0. The summed E-state index contributed by atoms with van der Waals surface area (Å²) in [5, 5.41) is 0. The number of hydrogen-bond donors (Lipinski definition) is 1. The number of rotatable bonds is 4. The number of nitrogens with two attached hydrogens (primary N) is 1. The van der Waals surface area contributed by atoms with Crippen LogP contribution in [0.5, 0.6) is 5.75 Å². The predicted octanol–water partition coefficient (Wildman–Crippen LogP) is 1.48. The normalized spacial score (nSPS) is 12.6.